The van der Waals surface area contributed by atoms with Gasteiger partial charge in [0.15, 0.2) is 5.65 Å². The fourth-order valence-corrected chi connectivity index (χ4v) is 3.31. The summed E-state index contributed by atoms with van der Waals surface area (Å²) >= 11 is 12.4. The van der Waals surface area contributed by atoms with Crippen LogP contribution in [0.15, 0.2) is 53.3 Å². The van der Waals surface area contributed by atoms with Gasteiger partial charge in [-0.3, -0.25) is 4.79 Å². The number of rotatable bonds is 4. The van der Waals surface area contributed by atoms with Crippen molar-refractivity contribution in [3.63, 3.8) is 0 Å². The molecule has 1 aromatic carbocycles. The molecule has 0 aliphatic rings. The third-order valence-corrected chi connectivity index (χ3v) is 4.75. The Morgan fingerprint density at radius 1 is 1.22 bits per heavy atom. The summed E-state index contributed by atoms with van der Waals surface area (Å²) < 4.78 is 7.07. The van der Waals surface area contributed by atoms with Gasteiger partial charge in [0.2, 0.25) is 0 Å². The molecule has 1 amide bonds. The predicted octanol–water partition coefficient (Wildman–Crippen LogP) is 4.94. The Morgan fingerprint density at radius 2 is 2.00 bits per heavy atom. The maximum atomic E-state index is 12.6. The lowest BCUT2D eigenvalue weighted by atomic mass is 10.2. The van der Waals surface area contributed by atoms with Crippen LogP contribution in [-0.4, -0.2) is 20.7 Å². The molecule has 136 valence electrons. The minimum absolute atomic E-state index is 0.278. The van der Waals surface area contributed by atoms with Gasteiger partial charge >= 0.3 is 0 Å². The maximum Gasteiger partial charge on any atom is 0.258 e. The number of halogens is 2. The SMILES string of the molecule is Cc1nn(Cc2ccco2)c2ncc(C(=O)Nc3ccc(Cl)cc3)c(Cl)c12. The number of aromatic nitrogens is 3. The topological polar surface area (TPSA) is 73.0 Å². The number of nitrogens with one attached hydrogen (secondary N) is 1. The first-order chi connectivity index (χ1) is 13.0. The summed E-state index contributed by atoms with van der Waals surface area (Å²) in [5.41, 5.74) is 2.18. The molecule has 4 rings (SSSR count). The molecule has 3 heterocycles. The van der Waals surface area contributed by atoms with Crippen LogP contribution in [0.3, 0.4) is 0 Å². The number of amides is 1. The average molecular weight is 401 g/mol. The van der Waals surface area contributed by atoms with E-state index in [1.165, 1.54) is 6.20 Å². The van der Waals surface area contributed by atoms with Crippen molar-refractivity contribution in [1.82, 2.24) is 14.8 Å². The number of anilines is 1. The molecule has 3 aromatic heterocycles. The molecular weight excluding hydrogens is 387 g/mol. The number of pyridine rings is 1. The van der Waals surface area contributed by atoms with Crippen LogP contribution in [0.25, 0.3) is 11.0 Å². The summed E-state index contributed by atoms with van der Waals surface area (Å²) in [7, 11) is 0. The van der Waals surface area contributed by atoms with Crippen LogP contribution < -0.4 is 5.32 Å². The average Bonchev–Trinajstić information content (AvgIpc) is 3.26. The van der Waals surface area contributed by atoms with E-state index in [2.05, 4.69) is 15.4 Å². The van der Waals surface area contributed by atoms with Gasteiger partial charge in [0.1, 0.15) is 12.3 Å². The number of fused-ring (bicyclic) bond motifs is 1. The van der Waals surface area contributed by atoms with Gasteiger partial charge in [0.05, 0.1) is 27.9 Å². The molecule has 0 unspecified atom stereocenters. The van der Waals surface area contributed by atoms with Crippen LogP contribution in [-0.2, 0) is 6.54 Å². The van der Waals surface area contributed by atoms with Gasteiger partial charge in [-0.05, 0) is 43.3 Å². The molecule has 0 atom stereocenters. The van der Waals surface area contributed by atoms with E-state index >= 15 is 0 Å². The van der Waals surface area contributed by atoms with Crippen LogP contribution >= 0.6 is 23.2 Å². The fourth-order valence-electron chi connectivity index (χ4n) is 2.82. The smallest absolute Gasteiger partial charge is 0.258 e. The fraction of sp³-hybridized carbons (Fsp3) is 0.105. The summed E-state index contributed by atoms with van der Waals surface area (Å²) in [4.78, 5) is 17.0. The van der Waals surface area contributed by atoms with E-state index < -0.39 is 0 Å². The lowest BCUT2D eigenvalue weighted by molar-refractivity contribution is 0.102. The first-order valence-electron chi connectivity index (χ1n) is 8.14. The van der Waals surface area contributed by atoms with Crippen molar-refractivity contribution in [2.75, 3.05) is 5.32 Å². The second-order valence-electron chi connectivity index (χ2n) is 5.97. The Labute approximate surface area is 164 Å². The number of carbonyl (C=O) groups is 1. The van der Waals surface area contributed by atoms with Crippen LogP contribution in [0.5, 0.6) is 0 Å². The zero-order valence-corrected chi connectivity index (χ0v) is 15.8. The highest BCUT2D eigenvalue weighted by atomic mass is 35.5. The number of hydrogen-bond donors (Lipinski definition) is 1. The van der Waals surface area contributed by atoms with E-state index in [0.717, 1.165) is 5.76 Å². The Balaban J connectivity index is 1.68. The van der Waals surface area contributed by atoms with Gasteiger partial charge in [0.25, 0.3) is 5.91 Å². The van der Waals surface area contributed by atoms with E-state index in [0.29, 0.717) is 39.0 Å². The lowest BCUT2D eigenvalue weighted by Gasteiger charge is -2.08. The molecule has 0 fully saturated rings. The van der Waals surface area contributed by atoms with Crippen LogP contribution in [0.2, 0.25) is 10.0 Å². The molecule has 0 bridgehead atoms. The van der Waals surface area contributed by atoms with Gasteiger partial charge in [-0.1, -0.05) is 23.2 Å². The molecule has 4 aromatic rings. The first kappa shape index (κ1) is 17.6. The van der Waals surface area contributed by atoms with Gasteiger partial charge in [0, 0.05) is 16.9 Å². The highest BCUT2D eigenvalue weighted by molar-refractivity contribution is 6.39. The molecule has 0 aliphatic carbocycles. The minimum atomic E-state index is -0.352. The third kappa shape index (κ3) is 3.41. The Hall–Kier alpha value is -2.83. The predicted molar refractivity (Wildman–Crippen MR) is 104 cm³/mol. The molecule has 8 heteroatoms. The molecule has 27 heavy (non-hydrogen) atoms. The first-order valence-corrected chi connectivity index (χ1v) is 8.89. The molecule has 0 saturated carbocycles. The summed E-state index contributed by atoms with van der Waals surface area (Å²) in [6, 6.07) is 10.5. The number of carbonyl (C=O) groups excluding carboxylic acids is 1. The summed E-state index contributed by atoms with van der Waals surface area (Å²) in [5.74, 6) is 0.400. The van der Waals surface area contributed by atoms with Crippen molar-refractivity contribution in [2.24, 2.45) is 0 Å². The van der Waals surface area contributed by atoms with E-state index in [1.807, 2.05) is 19.1 Å². The molecular formula is C19H14Cl2N4O2. The van der Waals surface area contributed by atoms with Crippen molar-refractivity contribution in [3.8, 4) is 0 Å². The Kier molecular flexibility index (Phi) is 4.59. The number of nitrogens with zero attached hydrogens (tertiary/aromatic N) is 3. The highest BCUT2D eigenvalue weighted by Crippen LogP contribution is 2.29. The van der Waals surface area contributed by atoms with E-state index in [1.54, 1.807) is 35.2 Å². The standard InChI is InChI=1S/C19H14Cl2N4O2/c1-11-16-17(21)15(19(26)23-13-6-4-12(20)5-7-13)9-22-18(16)25(24-11)10-14-3-2-8-27-14/h2-9H,10H2,1H3,(H,23,26). The summed E-state index contributed by atoms with van der Waals surface area (Å²) in [6.07, 6.45) is 3.06. The van der Waals surface area contributed by atoms with Gasteiger partial charge in [-0.2, -0.15) is 5.10 Å². The van der Waals surface area contributed by atoms with Gasteiger partial charge in [-0.15, -0.1) is 0 Å². The molecule has 6 nitrogen and oxygen atoms in total. The minimum Gasteiger partial charge on any atom is -0.467 e. The van der Waals surface area contributed by atoms with Crippen molar-refractivity contribution in [1.29, 1.82) is 0 Å². The quantitative estimate of drug-likeness (QED) is 0.526. The molecule has 0 saturated heterocycles. The molecule has 0 aliphatic heterocycles. The van der Waals surface area contributed by atoms with Crippen LogP contribution in [0.4, 0.5) is 5.69 Å². The Bertz CT molecular complexity index is 1120. The number of hydrogen-bond acceptors (Lipinski definition) is 4. The van der Waals surface area contributed by atoms with Crippen molar-refractivity contribution in [2.45, 2.75) is 13.5 Å². The second kappa shape index (κ2) is 7.06. The van der Waals surface area contributed by atoms with Gasteiger partial charge < -0.3 is 9.73 Å². The number of aryl methyl sites for hydroxylation is 1. The lowest BCUT2D eigenvalue weighted by Crippen LogP contribution is -2.13. The number of benzene rings is 1. The monoisotopic (exact) mass is 400 g/mol. The van der Waals surface area contributed by atoms with Crippen LogP contribution in [0, 0.1) is 6.92 Å². The van der Waals surface area contributed by atoms with E-state index in [4.69, 9.17) is 27.6 Å². The third-order valence-electron chi connectivity index (χ3n) is 4.10. The molecule has 0 spiro atoms. The highest BCUT2D eigenvalue weighted by Gasteiger charge is 2.20. The normalized spacial score (nSPS) is 11.1. The van der Waals surface area contributed by atoms with Gasteiger partial charge in [-0.25, -0.2) is 9.67 Å². The van der Waals surface area contributed by atoms with E-state index in [-0.39, 0.29) is 11.5 Å². The molecule has 0 radical (unpaired) electrons. The summed E-state index contributed by atoms with van der Waals surface area (Å²) in [5, 5.41) is 8.82. The van der Waals surface area contributed by atoms with Crippen molar-refractivity contribution >= 4 is 45.8 Å². The Morgan fingerprint density at radius 3 is 2.70 bits per heavy atom. The zero-order valence-electron chi connectivity index (χ0n) is 14.2. The van der Waals surface area contributed by atoms with Crippen molar-refractivity contribution < 1.29 is 9.21 Å². The zero-order chi connectivity index (χ0) is 19.0. The summed E-state index contributed by atoms with van der Waals surface area (Å²) in [6.45, 7) is 2.26. The largest absolute Gasteiger partial charge is 0.467 e. The van der Waals surface area contributed by atoms with E-state index in [9.17, 15) is 4.79 Å². The maximum absolute atomic E-state index is 12.6. The van der Waals surface area contributed by atoms with Crippen molar-refractivity contribution in [3.05, 3.63) is 75.9 Å². The second-order valence-corrected chi connectivity index (χ2v) is 6.78. The number of furan rings is 1. The molecule has 1 N–H and O–H groups in total. The van der Waals surface area contributed by atoms with Crippen LogP contribution in [0.1, 0.15) is 21.8 Å².